The minimum Gasteiger partial charge on any atom is -0.309 e. The van der Waals surface area contributed by atoms with E-state index in [4.69, 9.17) is 0 Å². The predicted octanol–water partition coefficient (Wildman–Crippen LogP) is 15.8. The van der Waals surface area contributed by atoms with Crippen LogP contribution in [-0.2, 0) is 10.8 Å². The number of thiophene rings is 1. The van der Waals surface area contributed by atoms with Gasteiger partial charge in [0.2, 0.25) is 0 Å². The van der Waals surface area contributed by atoms with Gasteiger partial charge in [-0.2, -0.15) is 0 Å². The Kier molecular flexibility index (Phi) is 6.46. The topological polar surface area (TPSA) is 4.93 Å². The Bertz CT molecular complexity index is 3540. The third kappa shape index (κ3) is 4.22. The minimum absolute atomic E-state index is 0.127. The number of allylic oxidation sites excluding steroid dienone is 2. The molecule has 14 rings (SSSR count). The fraction of sp³-hybridized carbons (Fsp3) is 0.138. The zero-order chi connectivity index (χ0) is 39.5. The summed E-state index contributed by atoms with van der Waals surface area (Å²) < 4.78 is 5.28. The van der Waals surface area contributed by atoms with Crippen molar-refractivity contribution in [3.63, 3.8) is 0 Å². The van der Waals surface area contributed by atoms with Crippen LogP contribution in [0.2, 0.25) is 0 Å². The second kappa shape index (κ2) is 11.6. The Morgan fingerprint density at radius 2 is 1.25 bits per heavy atom. The fourth-order valence-corrected chi connectivity index (χ4v) is 13.6. The van der Waals surface area contributed by atoms with Gasteiger partial charge in [-0.1, -0.05) is 147 Å². The summed E-state index contributed by atoms with van der Waals surface area (Å²) in [5, 5.41) is 5.30. The average Bonchev–Trinajstić information content (AvgIpc) is 3.57. The van der Waals surface area contributed by atoms with Crippen molar-refractivity contribution in [1.82, 2.24) is 4.57 Å². The van der Waals surface area contributed by atoms with Crippen molar-refractivity contribution < 1.29 is 0 Å². The molecule has 0 amide bonds. The first-order valence-corrected chi connectivity index (χ1v) is 22.5. The first kappa shape index (κ1) is 33.4. The molecule has 8 aromatic carbocycles. The Morgan fingerprint density at radius 3 is 2.10 bits per heavy atom. The smallest absolute Gasteiger partial charge is 0.0541 e. The van der Waals surface area contributed by atoms with Crippen molar-refractivity contribution >= 4 is 53.3 Å². The molecule has 2 heteroatoms. The highest BCUT2D eigenvalue weighted by Crippen LogP contribution is 2.74. The molecule has 1 fully saturated rings. The van der Waals surface area contributed by atoms with Gasteiger partial charge in [-0.15, -0.1) is 11.3 Å². The molecule has 4 aliphatic carbocycles. The minimum atomic E-state index is -0.127. The van der Waals surface area contributed by atoms with Gasteiger partial charge in [0.05, 0.1) is 11.0 Å². The van der Waals surface area contributed by atoms with Crippen LogP contribution in [0.3, 0.4) is 0 Å². The van der Waals surface area contributed by atoms with Gasteiger partial charge in [-0.25, -0.2) is 0 Å². The molecule has 0 aliphatic heterocycles. The Morgan fingerprint density at radius 1 is 0.533 bits per heavy atom. The average molecular weight is 784 g/mol. The summed E-state index contributed by atoms with van der Waals surface area (Å²) in [5.74, 6) is 1.25. The van der Waals surface area contributed by atoms with E-state index in [0.717, 1.165) is 0 Å². The standard InChI is InChI=1S/C58H41NS/c1-57(2)48-26-25-42-41-15-7-9-18-53(41)60-56(42)54(48)43-24-22-38(33-50(43)57)59-51-27-20-35(34-12-4-3-5-13-34)30-44(51)45-31-37(21-28-52(45)59)36-19-23-39-40-14-6-8-16-47(40)58-29-11-10-17-49(58)55(58)46(39)32-36/h3-9,11-16,18-33,49,55H,10,17H2,1-2H3. The van der Waals surface area contributed by atoms with E-state index in [9.17, 15) is 0 Å². The van der Waals surface area contributed by atoms with Gasteiger partial charge in [0, 0.05) is 58.9 Å². The van der Waals surface area contributed by atoms with E-state index in [1.54, 1.807) is 0 Å². The third-order valence-electron chi connectivity index (χ3n) is 15.2. The summed E-state index contributed by atoms with van der Waals surface area (Å²) in [6.45, 7) is 4.83. The molecule has 3 unspecified atom stereocenters. The summed E-state index contributed by atoms with van der Waals surface area (Å²) in [4.78, 5) is 0. The highest BCUT2D eigenvalue weighted by Gasteiger charge is 2.67. The van der Waals surface area contributed by atoms with Crippen molar-refractivity contribution in [2.45, 2.75) is 43.4 Å². The monoisotopic (exact) mass is 783 g/mol. The van der Waals surface area contributed by atoms with Gasteiger partial charge < -0.3 is 4.57 Å². The van der Waals surface area contributed by atoms with Crippen molar-refractivity contribution in [3.8, 4) is 50.2 Å². The number of fused-ring (bicyclic) bond motifs is 15. The highest BCUT2D eigenvalue weighted by molar-refractivity contribution is 7.26. The molecular formula is C58H41NS. The molecule has 10 aromatic rings. The normalized spacial score (nSPS) is 20.2. The van der Waals surface area contributed by atoms with Crippen LogP contribution in [0.15, 0.2) is 176 Å². The first-order chi connectivity index (χ1) is 29.5. The summed E-state index contributed by atoms with van der Waals surface area (Å²) in [5.41, 5.74) is 20.3. The molecule has 4 aliphatic rings. The van der Waals surface area contributed by atoms with Crippen LogP contribution in [0.1, 0.15) is 54.9 Å². The second-order valence-electron chi connectivity index (χ2n) is 18.3. The van der Waals surface area contributed by atoms with Gasteiger partial charge in [0.15, 0.2) is 0 Å². The molecule has 284 valence electrons. The largest absolute Gasteiger partial charge is 0.309 e. The van der Waals surface area contributed by atoms with Crippen molar-refractivity contribution in [3.05, 3.63) is 198 Å². The fourth-order valence-electron chi connectivity index (χ4n) is 12.4. The van der Waals surface area contributed by atoms with Crippen LogP contribution >= 0.6 is 11.3 Å². The van der Waals surface area contributed by atoms with E-state index in [2.05, 4.69) is 194 Å². The van der Waals surface area contributed by atoms with E-state index in [1.807, 2.05) is 11.3 Å². The molecule has 0 radical (unpaired) electrons. The number of benzene rings is 8. The Labute approximate surface area is 353 Å². The lowest BCUT2D eigenvalue weighted by molar-refractivity contribution is 0.632. The molecular weight excluding hydrogens is 743 g/mol. The highest BCUT2D eigenvalue weighted by atomic mass is 32.1. The lowest BCUT2D eigenvalue weighted by Gasteiger charge is -2.27. The molecule has 0 N–H and O–H groups in total. The maximum Gasteiger partial charge on any atom is 0.0541 e. The van der Waals surface area contributed by atoms with E-state index in [-0.39, 0.29) is 10.8 Å². The summed E-state index contributed by atoms with van der Waals surface area (Å²) in [6, 6.07) is 62.6. The van der Waals surface area contributed by atoms with Gasteiger partial charge in [0.25, 0.3) is 0 Å². The molecule has 3 atom stereocenters. The molecule has 2 heterocycles. The maximum absolute atomic E-state index is 2.56. The van der Waals surface area contributed by atoms with Crippen LogP contribution in [0, 0.1) is 5.92 Å². The van der Waals surface area contributed by atoms with E-state index in [0.29, 0.717) is 11.8 Å². The number of hydrogen-bond acceptors (Lipinski definition) is 1. The first-order valence-electron chi connectivity index (χ1n) is 21.6. The van der Waals surface area contributed by atoms with Crippen molar-refractivity contribution in [1.29, 1.82) is 0 Å². The van der Waals surface area contributed by atoms with Gasteiger partial charge in [-0.3, -0.25) is 0 Å². The molecule has 60 heavy (non-hydrogen) atoms. The quantitative estimate of drug-likeness (QED) is 0.157. The molecule has 1 saturated carbocycles. The Balaban J connectivity index is 0.957. The second-order valence-corrected chi connectivity index (χ2v) is 19.4. The molecule has 2 aromatic heterocycles. The van der Waals surface area contributed by atoms with Gasteiger partial charge >= 0.3 is 0 Å². The molecule has 0 bridgehead atoms. The maximum atomic E-state index is 2.56. The van der Waals surface area contributed by atoms with Crippen LogP contribution in [0.4, 0.5) is 0 Å². The number of nitrogens with zero attached hydrogens (tertiary/aromatic N) is 1. The van der Waals surface area contributed by atoms with E-state index < -0.39 is 0 Å². The molecule has 0 saturated heterocycles. The van der Waals surface area contributed by atoms with Crippen LogP contribution in [-0.4, -0.2) is 4.57 Å². The Hall–Kier alpha value is -6.48. The van der Waals surface area contributed by atoms with Crippen molar-refractivity contribution in [2.24, 2.45) is 5.92 Å². The van der Waals surface area contributed by atoms with Crippen LogP contribution in [0.5, 0.6) is 0 Å². The zero-order valence-electron chi connectivity index (χ0n) is 33.7. The van der Waals surface area contributed by atoms with Gasteiger partial charge in [-0.05, 0) is 122 Å². The SMILES string of the molecule is CC1(C)c2cc(-n3c4ccc(-c5ccccc5)cc4c4cc(-c5ccc6c(c5)C5C7CCC=CC75c5ccccc5-6)ccc43)ccc2-c2c1ccc1c2sc2ccccc21. The van der Waals surface area contributed by atoms with Gasteiger partial charge in [0.1, 0.15) is 0 Å². The third-order valence-corrected chi connectivity index (χ3v) is 16.4. The summed E-state index contributed by atoms with van der Waals surface area (Å²) >= 11 is 1.94. The number of rotatable bonds is 3. The lowest BCUT2D eigenvalue weighted by atomic mass is 9.76. The predicted molar refractivity (Wildman–Crippen MR) is 254 cm³/mol. The lowest BCUT2D eigenvalue weighted by Crippen LogP contribution is -2.15. The number of hydrogen-bond donors (Lipinski definition) is 0. The van der Waals surface area contributed by atoms with Crippen molar-refractivity contribution in [2.75, 3.05) is 0 Å². The van der Waals surface area contributed by atoms with E-state index >= 15 is 0 Å². The van der Waals surface area contributed by atoms with E-state index in [1.165, 1.54) is 127 Å². The summed E-state index contributed by atoms with van der Waals surface area (Å²) in [7, 11) is 0. The number of aromatic nitrogens is 1. The molecule has 1 nitrogen and oxygen atoms in total. The zero-order valence-corrected chi connectivity index (χ0v) is 34.5. The van der Waals surface area contributed by atoms with Crippen LogP contribution in [0.25, 0.3) is 92.2 Å². The summed E-state index contributed by atoms with van der Waals surface area (Å²) in [6.07, 6.45) is 7.47. The molecule has 1 spiro atoms. The van der Waals surface area contributed by atoms with Crippen LogP contribution < -0.4 is 0 Å².